The summed E-state index contributed by atoms with van der Waals surface area (Å²) in [7, 11) is 0. The summed E-state index contributed by atoms with van der Waals surface area (Å²) in [6, 6.07) is 0. The standard InChI is InChI=1S/C14H29NO3/c1-12(2)9-17-7-3-6-15-8-14(16)11-18-10-13-4-5-13/h12-16H,3-11H2,1-2H3. The van der Waals surface area contributed by atoms with Crippen LogP contribution in [0.1, 0.15) is 33.1 Å². The van der Waals surface area contributed by atoms with Crippen LogP contribution in [0.25, 0.3) is 0 Å². The third kappa shape index (κ3) is 9.83. The summed E-state index contributed by atoms with van der Waals surface area (Å²) in [4.78, 5) is 0. The summed E-state index contributed by atoms with van der Waals surface area (Å²) in [6.07, 6.45) is 3.19. The fourth-order valence-electron chi connectivity index (χ4n) is 1.60. The lowest BCUT2D eigenvalue weighted by atomic mass is 10.2. The van der Waals surface area contributed by atoms with Crippen LogP contribution in [-0.4, -0.2) is 50.7 Å². The van der Waals surface area contributed by atoms with Gasteiger partial charge in [-0.25, -0.2) is 0 Å². The lowest BCUT2D eigenvalue weighted by Crippen LogP contribution is -2.31. The van der Waals surface area contributed by atoms with Gasteiger partial charge in [0, 0.05) is 26.4 Å². The van der Waals surface area contributed by atoms with Gasteiger partial charge in [0.1, 0.15) is 0 Å². The summed E-state index contributed by atoms with van der Waals surface area (Å²) < 4.78 is 10.9. The molecule has 0 aromatic heterocycles. The Morgan fingerprint density at radius 3 is 2.67 bits per heavy atom. The predicted molar refractivity (Wildman–Crippen MR) is 72.7 cm³/mol. The molecule has 0 amide bonds. The van der Waals surface area contributed by atoms with Crippen molar-refractivity contribution in [1.82, 2.24) is 5.32 Å². The zero-order valence-corrected chi connectivity index (χ0v) is 11.9. The van der Waals surface area contributed by atoms with E-state index in [1.807, 2.05) is 0 Å². The minimum absolute atomic E-state index is 0.389. The molecule has 18 heavy (non-hydrogen) atoms. The number of aliphatic hydroxyl groups is 1. The molecule has 0 heterocycles. The van der Waals surface area contributed by atoms with Crippen molar-refractivity contribution in [2.75, 3.05) is 39.5 Å². The highest BCUT2D eigenvalue weighted by molar-refractivity contribution is 4.72. The Labute approximate surface area is 111 Å². The van der Waals surface area contributed by atoms with E-state index in [4.69, 9.17) is 9.47 Å². The zero-order valence-electron chi connectivity index (χ0n) is 11.9. The highest BCUT2D eigenvalue weighted by Gasteiger charge is 2.21. The van der Waals surface area contributed by atoms with E-state index < -0.39 is 0 Å². The third-order valence-corrected chi connectivity index (χ3v) is 2.83. The SMILES string of the molecule is CC(C)COCCCNCC(O)COCC1CC1. The van der Waals surface area contributed by atoms with Gasteiger partial charge in [0.2, 0.25) is 0 Å². The van der Waals surface area contributed by atoms with Crippen LogP contribution in [0.2, 0.25) is 0 Å². The van der Waals surface area contributed by atoms with Gasteiger partial charge in [-0.3, -0.25) is 0 Å². The van der Waals surface area contributed by atoms with Gasteiger partial charge in [-0.2, -0.15) is 0 Å². The fraction of sp³-hybridized carbons (Fsp3) is 1.00. The molecule has 0 aliphatic heterocycles. The van der Waals surface area contributed by atoms with Crippen LogP contribution < -0.4 is 5.32 Å². The van der Waals surface area contributed by atoms with E-state index in [0.29, 0.717) is 19.1 Å². The van der Waals surface area contributed by atoms with Crippen molar-refractivity contribution in [3.8, 4) is 0 Å². The molecule has 2 N–H and O–H groups in total. The molecule has 108 valence electrons. The Morgan fingerprint density at radius 2 is 2.00 bits per heavy atom. The lowest BCUT2D eigenvalue weighted by Gasteiger charge is -2.12. The van der Waals surface area contributed by atoms with Crippen molar-refractivity contribution in [2.24, 2.45) is 11.8 Å². The smallest absolute Gasteiger partial charge is 0.0897 e. The van der Waals surface area contributed by atoms with Crippen molar-refractivity contribution in [2.45, 2.75) is 39.2 Å². The molecule has 0 radical (unpaired) electrons. The molecule has 0 saturated heterocycles. The molecule has 1 aliphatic carbocycles. The quantitative estimate of drug-likeness (QED) is 0.521. The average Bonchev–Trinajstić information content (AvgIpc) is 3.11. The summed E-state index contributed by atoms with van der Waals surface area (Å²) in [5, 5.41) is 12.9. The van der Waals surface area contributed by atoms with E-state index in [0.717, 1.165) is 38.7 Å². The predicted octanol–water partition coefficient (Wildman–Crippen LogP) is 1.43. The first-order valence-electron chi connectivity index (χ1n) is 7.22. The third-order valence-electron chi connectivity index (χ3n) is 2.83. The van der Waals surface area contributed by atoms with Crippen LogP contribution >= 0.6 is 0 Å². The maximum atomic E-state index is 9.64. The molecule has 0 bridgehead atoms. The lowest BCUT2D eigenvalue weighted by molar-refractivity contribution is 0.0322. The number of rotatable bonds is 12. The van der Waals surface area contributed by atoms with Crippen molar-refractivity contribution >= 4 is 0 Å². The molecule has 1 aliphatic rings. The van der Waals surface area contributed by atoms with Gasteiger partial charge in [-0.15, -0.1) is 0 Å². The molecule has 4 heteroatoms. The number of ether oxygens (including phenoxy) is 2. The molecule has 0 spiro atoms. The van der Waals surface area contributed by atoms with Gasteiger partial charge in [-0.05, 0) is 37.6 Å². The normalized spacial score (nSPS) is 17.3. The van der Waals surface area contributed by atoms with Crippen LogP contribution in [0.5, 0.6) is 0 Å². The van der Waals surface area contributed by atoms with Crippen molar-refractivity contribution < 1.29 is 14.6 Å². The highest BCUT2D eigenvalue weighted by Crippen LogP contribution is 2.28. The van der Waals surface area contributed by atoms with E-state index in [1.54, 1.807) is 0 Å². The molecular weight excluding hydrogens is 230 g/mol. The largest absolute Gasteiger partial charge is 0.389 e. The zero-order chi connectivity index (χ0) is 13.2. The van der Waals surface area contributed by atoms with Gasteiger partial charge in [-0.1, -0.05) is 13.8 Å². The Balaban J connectivity index is 1.75. The van der Waals surface area contributed by atoms with Gasteiger partial charge in [0.25, 0.3) is 0 Å². The number of aliphatic hydroxyl groups excluding tert-OH is 1. The summed E-state index contributed by atoms with van der Waals surface area (Å²) >= 11 is 0. The molecule has 0 aromatic rings. The van der Waals surface area contributed by atoms with E-state index >= 15 is 0 Å². The van der Waals surface area contributed by atoms with Crippen molar-refractivity contribution in [1.29, 1.82) is 0 Å². The minimum Gasteiger partial charge on any atom is -0.389 e. The maximum absolute atomic E-state index is 9.64. The summed E-state index contributed by atoms with van der Waals surface area (Å²) in [5.74, 6) is 1.37. The number of hydrogen-bond acceptors (Lipinski definition) is 4. The van der Waals surface area contributed by atoms with Crippen LogP contribution in [0.3, 0.4) is 0 Å². The molecule has 1 saturated carbocycles. The van der Waals surface area contributed by atoms with E-state index in [2.05, 4.69) is 19.2 Å². The monoisotopic (exact) mass is 259 g/mol. The number of nitrogens with one attached hydrogen (secondary N) is 1. The van der Waals surface area contributed by atoms with Crippen molar-refractivity contribution in [3.05, 3.63) is 0 Å². The second-order valence-electron chi connectivity index (χ2n) is 5.66. The van der Waals surface area contributed by atoms with Gasteiger partial charge < -0.3 is 19.9 Å². The van der Waals surface area contributed by atoms with E-state index in [1.165, 1.54) is 12.8 Å². The first-order valence-corrected chi connectivity index (χ1v) is 7.22. The molecular formula is C14H29NO3. The van der Waals surface area contributed by atoms with E-state index in [-0.39, 0.29) is 6.10 Å². The average molecular weight is 259 g/mol. The molecule has 1 fully saturated rings. The topological polar surface area (TPSA) is 50.7 Å². The van der Waals surface area contributed by atoms with Crippen LogP contribution in [0.15, 0.2) is 0 Å². The van der Waals surface area contributed by atoms with Crippen LogP contribution in [0, 0.1) is 11.8 Å². The fourth-order valence-corrected chi connectivity index (χ4v) is 1.60. The summed E-state index contributed by atoms with van der Waals surface area (Å²) in [5.41, 5.74) is 0. The molecule has 1 unspecified atom stereocenters. The van der Waals surface area contributed by atoms with Gasteiger partial charge in [0.15, 0.2) is 0 Å². The maximum Gasteiger partial charge on any atom is 0.0897 e. The second kappa shape index (κ2) is 9.73. The van der Waals surface area contributed by atoms with Crippen LogP contribution in [0.4, 0.5) is 0 Å². The van der Waals surface area contributed by atoms with Crippen LogP contribution in [-0.2, 0) is 9.47 Å². The molecule has 1 rings (SSSR count). The number of hydrogen-bond donors (Lipinski definition) is 2. The van der Waals surface area contributed by atoms with Gasteiger partial charge in [0.05, 0.1) is 12.7 Å². The Kier molecular flexibility index (Phi) is 8.59. The first-order chi connectivity index (χ1) is 8.68. The molecule has 1 atom stereocenters. The van der Waals surface area contributed by atoms with Crippen molar-refractivity contribution in [3.63, 3.8) is 0 Å². The summed E-state index contributed by atoms with van der Waals surface area (Å²) in [6.45, 7) is 8.68. The molecule has 0 aromatic carbocycles. The second-order valence-corrected chi connectivity index (χ2v) is 5.66. The minimum atomic E-state index is -0.389. The molecule has 4 nitrogen and oxygen atoms in total. The Bertz CT molecular complexity index is 195. The highest BCUT2D eigenvalue weighted by atomic mass is 16.5. The van der Waals surface area contributed by atoms with E-state index in [9.17, 15) is 5.11 Å². The Hall–Kier alpha value is -0.160. The van der Waals surface area contributed by atoms with Gasteiger partial charge >= 0.3 is 0 Å². The Morgan fingerprint density at radius 1 is 1.22 bits per heavy atom. The first kappa shape index (κ1) is 15.9.